The van der Waals surface area contributed by atoms with E-state index in [9.17, 15) is 56.0 Å². The fraction of sp³-hybridized carbons (Fsp3) is 0.538. The van der Waals surface area contributed by atoms with Gasteiger partial charge in [0.1, 0.15) is 22.1 Å². The number of aromatic nitrogens is 1. The van der Waals surface area contributed by atoms with Gasteiger partial charge in [-0.1, -0.05) is 31.5 Å². The molecule has 2 aliphatic heterocycles. The van der Waals surface area contributed by atoms with Crippen molar-refractivity contribution in [2.24, 2.45) is 5.92 Å². The van der Waals surface area contributed by atoms with E-state index in [1.165, 1.54) is 4.90 Å². The Bertz CT molecular complexity index is 1940. The number of aliphatic hydroxyl groups is 2. The Morgan fingerprint density at radius 1 is 0.912 bits per heavy atom. The number of ether oxygens (including phenoxy) is 2. The lowest BCUT2D eigenvalue weighted by molar-refractivity contribution is -0.173. The highest BCUT2D eigenvalue weighted by molar-refractivity contribution is 7.10. The summed E-state index contributed by atoms with van der Waals surface area (Å²) in [5, 5.41) is 33.7. The summed E-state index contributed by atoms with van der Waals surface area (Å²) in [7, 11) is 0. The van der Waals surface area contributed by atoms with E-state index in [2.05, 4.69) is 4.98 Å². The number of thiophene rings is 1. The molecule has 11 nitrogen and oxygen atoms in total. The fourth-order valence-electron chi connectivity index (χ4n) is 8.26. The van der Waals surface area contributed by atoms with Gasteiger partial charge in [0.2, 0.25) is 11.4 Å². The molecule has 18 heteroatoms. The van der Waals surface area contributed by atoms with Crippen molar-refractivity contribution >= 4 is 29.1 Å². The van der Waals surface area contributed by atoms with Gasteiger partial charge in [-0.3, -0.25) is 19.4 Å². The number of amides is 2. The van der Waals surface area contributed by atoms with Crippen LogP contribution in [0.1, 0.15) is 97.6 Å². The van der Waals surface area contributed by atoms with Crippen molar-refractivity contribution in [1.82, 2.24) is 14.8 Å². The van der Waals surface area contributed by atoms with Crippen molar-refractivity contribution in [3.63, 3.8) is 0 Å². The Morgan fingerprint density at radius 3 is 2.21 bits per heavy atom. The van der Waals surface area contributed by atoms with Gasteiger partial charge in [0, 0.05) is 62.1 Å². The number of carbonyl (C=O) groups excluding carboxylic acids is 2. The number of alkyl halides is 6. The second kappa shape index (κ2) is 16.1. The lowest BCUT2D eigenvalue weighted by Crippen LogP contribution is -2.68. The van der Waals surface area contributed by atoms with E-state index in [0.29, 0.717) is 23.3 Å². The quantitative estimate of drug-likeness (QED) is 0.142. The molecule has 6 rings (SSSR count). The first kappa shape index (κ1) is 42.2. The number of para-hydroxylation sites is 1. The van der Waals surface area contributed by atoms with E-state index in [-0.39, 0.29) is 88.9 Å². The summed E-state index contributed by atoms with van der Waals surface area (Å²) in [6, 6.07) is 7.79. The predicted molar refractivity (Wildman–Crippen MR) is 192 cm³/mol. The number of carboxylic acids is 1. The average molecular weight is 828 g/mol. The van der Waals surface area contributed by atoms with Crippen LogP contribution in [0, 0.1) is 5.92 Å². The normalized spacial score (nSPS) is 25.5. The third-order valence-electron chi connectivity index (χ3n) is 11.2. The lowest BCUT2D eigenvalue weighted by atomic mass is 9.78. The van der Waals surface area contributed by atoms with Crippen LogP contribution in [0.5, 0.6) is 11.5 Å². The molecule has 0 spiro atoms. The monoisotopic (exact) mass is 827 g/mol. The SMILES string of the molecule is CCC[C@H]1N(C(=O)c2ncccc2C(F)(F)F)CCC[C@@]1(Oc1csc(C(F)(F)F)c1)C(=O)N1CCC(O)(c2ccccc2O[C@]2(O)CC[C@H](C(=O)O)CC2)CC1. The Balaban J connectivity index is 1.30. The minimum Gasteiger partial charge on any atom is -0.481 e. The Hall–Kier alpha value is -4.42. The molecule has 3 aromatic rings. The van der Waals surface area contributed by atoms with Crippen LogP contribution in [0.25, 0.3) is 0 Å². The molecule has 1 aromatic carbocycles. The van der Waals surface area contributed by atoms with Gasteiger partial charge >= 0.3 is 18.3 Å². The molecule has 3 fully saturated rings. The number of nitrogens with zero attached hydrogens (tertiary/aromatic N) is 3. The summed E-state index contributed by atoms with van der Waals surface area (Å²) in [5.41, 5.74) is -5.46. The molecule has 0 bridgehead atoms. The first-order chi connectivity index (χ1) is 26.8. The number of pyridine rings is 1. The number of aliphatic carboxylic acids is 1. The molecule has 2 saturated heterocycles. The summed E-state index contributed by atoms with van der Waals surface area (Å²) in [6.45, 7) is 1.46. The van der Waals surface area contributed by atoms with Crippen molar-refractivity contribution in [2.45, 2.75) is 107 Å². The molecule has 3 aliphatic rings. The molecule has 4 heterocycles. The lowest BCUT2D eigenvalue weighted by Gasteiger charge is -2.51. The summed E-state index contributed by atoms with van der Waals surface area (Å²) >= 11 is 0.347. The zero-order valence-electron chi connectivity index (χ0n) is 30.9. The van der Waals surface area contributed by atoms with Gasteiger partial charge in [-0.15, -0.1) is 11.3 Å². The van der Waals surface area contributed by atoms with Crippen LogP contribution < -0.4 is 9.47 Å². The summed E-state index contributed by atoms with van der Waals surface area (Å²) in [5.74, 6) is -5.18. The van der Waals surface area contributed by atoms with Gasteiger partial charge in [-0.25, -0.2) is 0 Å². The molecular formula is C39H43F6N3O8S. The van der Waals surface area contributed by atoms with Gasteiger partial charge in [0.15, 0.2) is 0 Å². The number of halogens is 6. The maximum atomic E-state index is 15.0. The Kier molecular flexibility index (Phi) is 11.9. The van der Waals surface area contributed by atoms with Crippen LogP contribution in [0.4, 0.5) is 26.3 Å². The number of rotatable bonds is 10. The van der Waals surface area contributed by atoms with Crippen molar-refractivity contribution in [2.75, 3.05) is 19.6 Å². The highest BCUT2D eigenvalue weighted by Crippen LogP contribution is 2.45. The Morgan fingerprint density at radius 2 is 1.60 bits per heavy atom. The predicted octanol–water partition coefficient (Wildman–Crippen LogP) is 7.26. The van der Waals surface area contributed by atoms with Crippen LogP contribution >= 0.6 is 11.3 Å². The molecule has 2 atom stereocenters. The topological polar surface area (TPSA) is 150 Å². The summed E-state index contributed by atoms with van der Waals surface area (Å²) in [4.78, 5) is 45.7. The number of carbonyl (C=O) groups is 3. The molecule has 1 saturated carbocycles. The van der Waals surface area contributed by atoms with Crippen LogP contribution in [0.3, 0.4) is 0 Å². The summed E-state index contributed by atoms with van der Waals surface area (Å²) < 4.78 is 95.7. The molecule has 2 amide bonds. The molecule has 0 radical (unpaired) electrons. The summed E-state index contributed by atoms with van der Waals surface area (Å²) in [6.07, 6.45) is -7.92. The number of piperidine rings is 2. The van der Waals surface area contributed by atoms with Crippen molar-refractivity contribution < 1.29 is 65.5 Å². The minimum absolute atomic E-state index is 0.0422. The number of carboxylic acid groups (broad SMARTS) is 1. The zero-order valence-corrected chi connectivity index (χ0v) is 31.8. The van der Waals surface area contributed by atoms with Crippen LogP contribution in [-0.4, -0.2) is 85.0 Å². The van der Waals surface area contributed by atoms with Gasteiger partial charge in [0.05, 0.1) is 23.1 Å². The number of hydrogen-bond donors (Lipinski definition) is 3. The van der Waals surface area contributed by atoms with E-state index in [1.807, 2.05) is 0 Å². The third kappa shape index (κ3) is 8.72. The number of hydrogen-bond acceptors (Lipinski definition) is 9. The van der Waals surface area contributed by atoms with Crippen LogP contribution in [0.15, 0.2) is 54.0 Å². The van der Waals surface area contributed by atoms with Crippen LogP contribution in [0.2, 0.25) is 0 Å². The van der Waals surface area contributed by atoms with Gasteiger partial charge in [-0.05, 0) is 56.7 Å². The molecule has 0 unspecified atom stereocenters. The average Bonchev–Trinajstić information content (AvgIpc) is 3.64. The first-order valence-corrected chi connectivity index (χ1v) is 19.6. The second-order valence-electron chi connectivity index (χ2n) is 14.9. The molecular weight excluding hydrogens is 784 g/mol. The maximum Gasteiger partial charge on any atom is 0.425 e. The van der Waals surface area contributed by atoms with Crippen molar-refractivity contribution in [3.8, 4) is 11.5 Å². The number of benzene rings is 1. The molecule has 57 heavy (non-hydrogen) atoms. The van der Waals surface area contributed by atoms with E-state index >= 15 is 0 Å². The van der Waals surface area contributed by atoms with Gasteiger partial charge < -0.3 is 34.6 Å². The van der Waals surface area contributed by atoms with Gasteiger partial charge in [-0.2, -0.15) is 26.3 Å². The standard InChI is InChI=1S/C39H43F6N3O8S/c1-2-7-29-37(55-25-22-30(57-23-25)39(43,44)45,13-6-19-48(29)32(49)31-27(38(40,41)42)9-5-18-46-31)34(52)47-20-16-35(53,17-21-47)26-8-3-4-10-28(26)56-36(54)14-11-24(12-15-36)33(50)51/h3-5,8-10,18,22-24,29,53-54H,2,6-7,11-17,19-21H2,1H3,(H,50,51)/t24-,29-,36+,37+/m1/s1. The van der Waals surface area contributed by atoms with E-state index < -0.39 is 75.2 Å². The largest absolute Gasteiger partial charge is 0.481 e. The molecule has 1 aliphatic carbocycles. The van der Waals surface area contributed by atoms with Crippen molar-refractivity contribution in [1.29, 1.82) is 0 Å². The minimum atomic E-state index is -4.94. The molecule has 310 valence electrons. The van der Waals surface area contributed by atoms with Crippen molar-refractivity contribution in [3.05, 3.63) is 75.7 Å². The van der Waals surface area contributed by atoms with E-state index in [0.717, 1.165) is 34.7 Å². The highest BCUT2D eigenvalue weighted by atomic mass is 32.1. The van der Waals surface area contributed by atoms with Crippen LogP contribution in [-0.2, 0) is 27.5 Å². The first-order valence-electron chi connectivity index (χ1n) is 18.7. The third-order valence-corrected chi connectivity index (χ3v) is 12.2. The smallest absolute Gasteiger partial charge is 0.425 e. The van der Waals surface area contributed by atoms with E-state index in [1.54, 1.807) is 31.2 Å². The Labute approximate surface area is 328 Å². The molecule has 2 aromatic heterocycles. The van der Waals surface area contributed by atoms with E-state index in [4.69, 9.17) is 9.47 Å². The highest BCUT2D eigenvalue weighted by Gasteiger charge is 2.57. The zero-order chi connectivity index (χ0) is 41.4. The van der Waals surface area contributed by atoms with Gasteiger partial charge in [0.25, 0.3) is 11.8 Å². The number of likely N-dealkylation sites (tertiary alicyclic amines) is 2. The molecule has 3 N–H and O–H groups in total. The fourth-order valence-corrected chi connectivity index (χ4v) is 8.93. The maximum absolute atomic E-state index is 15.0. The second-order valence-corrected chi connectivity index (χ2v) is 15.8.